The number of nitrogens with zero attached hydrogens (tertiary/aromatic N) is 1. The Hall–Kier alpha value is -1.48. The minimum Gasteiger partial charge on any atom is -0.261 e. The van der Waals surface area contributed by atoms with Crippen molar-refractivity contribution in [3.05, 3.63) is 65.5 Å². The van der Waals surface area contributed by atoms with Crippen molar-refractivity contribution < 1.29 is 8.78 Å². The van der Waals surface area contributed by atoms with Crippen LogP contribution in [0.25, 0.3) is 0 Å². The summed E-state index contributed by atoms with van der Waals surface area (Å²) in [6.45, 7) is 1.90. The predicted molar refractivity (Wildman–Crippen MR) is 67.6 cm³/mol. The predicted octanol–water partition coefficient (Wildman–Crippen LogP) is 4.44. The van der Waals surface area contributed by atoms with E-state index in [0.29, 0.717) is 5.56 Å². The van der Waals surface area contributed by atoms with Crippen LogP contribution in [0.15, 0.2) is 42.6 Å². The summed E-state index contributed by atoms with van der Waals surface area (Å²) in [5.41, 5.74) is 1.37. The Kier molecular flexibility index (Phi) is 3.92. The molecule has 0 aliphatic heterocycles. The Morgan fingerprint density at radius 1 is 1.11 bits per heavy atom. The molecule has 0 fully saturated rings. The van der Waals surface area contributed by atoms with E-state index in [-0.39, 0.29) is 5.92 Å². The number of benzene rings is 1. The zero-order valence-electron chi connectivity index (χ0n) is 9.78. The van der Waals surface area contributed by atoms with Crippen LogP contribution in [0.1, 0.15) is 29.5 Å². The van der Waals surface area contributed by atoms with Crippen LogP contribution in [0.3, 0.4) is 0 Å². The molecule has 0 saturated carbocycles. The largest absolute Gasteiger partial charge is 0.261 e. The van der Waals surface area contributed by atoms with Crippen LogP contribution in [0.5, 0.6) is 0 Å². The van der Waals surface area contributed by atoms with Gasteiger partial charge in [0.2, 0.25) is 0 Å². The maximum Gasteiger partial charge on any atom is 0.159 e. The second kappa shape index (κ2) is 5.44. The van der Waals surface area contributed by atoms with Crippen LogP contribution in [-0.2, 0) is 0 Å². The smallest absolute Gasteiger partial charge is 0.159 e. The molecule has 0 amide bonds. The van der Waals surface area contributed by atoms with Gasteiger partial charge >= 0.3 is 0 Å². The molecule has 1 aromatic heterocycles. The molecule has 2 atom stereocenters. The van der Waals surface area contributed by atoms with E-state index in [2.05, 4.69) is 4.98 Å². The van der Waals surface area contributed by atoms with Crippen LogP contribution < -0.4 is 0 Å². The van der Waals surface area contributed by atoms with E-state index < -0.39 is 17.0 Å². The summed E-state index contributed by atoms with van der Waals surface area (Å²) < 4.78 is 26.0. The van der Waals surface area contributed by atoms with Gasteiger partial charge in [0, 0.05) is 17.8 Å². The summed E-state index contributed by atoms with van der Waals surface area (Å²) >= 11 is 6.29. The van der Waals surface area contributed by atoms with E-state index in [4.69, 9.17) is 11.6 Å². The SMILES string of the molecule is CC(c1ccccn1)C(Cl)c1ccc(F)c(F)c1. The van der Waals surface area contributed by atoms with Gasteiger partial charge in [-0.2, -0.15) is 0 Å². The number of aromatic nitrogens is 1. The molecule has 0 bridgehead atoms. The van der Waals surface area contributed by atoms with Gasteiger partial charge in [0.25, 0.3) is 0 Å². The average Bonchev–Trinajstić information content (AvgIpc) is 2.41. The summed E-state index contributed by atoms with van der Waals surface area (Å²) in [5, 5.41) is -0.449. The lowest BCUT2D eigenvalue weighted by Crippen LogP contribution is -2.05. The number of pyridine rings is 1. The zero-order chi connectivity index (χ0) is 13.1. The number of alkyl halides is 1. The van der Waals surface area contributed by atoms with Crippen molar-refractivity contribution >= 4 is 11.6 Å². The molecule has 1 aromatic carbocycles. The fourth-order valence-corrected chi connectivity index (χ4v) is 2.03. The molecule has 1 nitrogen and oxygen atoms in total. The van der Waals surface area contributed by atoms with Gasteiger partial charge in [0.15, 0.2) is 11.6 Å². The lowest BCUT2D eigenvalue weighted by molar-refractivity contribution is 0.506. The lowest BCUT2D eigenvalue weighted by atomic mass is 9.97. The van der Waals surface area contributed by atoms with E-state index in [9.17, 15) is 8.78 Å². The van der Waals surface area contributed by atoms with Crippen molar-refractivity contribution in [1.29, 1.82) is 0 Å². The minimum absolute atomic E-state index is 0.0854. The minimum atomic E-state index is -0.883. The molecule has 94 valence electrons. The molecule has 1 heterocycles. The van der Waals surface area contributed by atoms with Crippen molar-refractivity contribution in [2.45, 2.75) is 18.2 Å². The standard InChI is InChI=1S/C14H12ClF2N/c1-9(13-4-2-3-7-18-13)14(15)10-5-6-11(16)12(17)8-10/h2-9,14H,1H3. The van der Waals surface area contributed by atoms with Gasteiger partial charge in [-0.15, -0.1) is 11.6 Å². The van der Waals surface area contributed by atoms with E-state index >= 15 is 0 Å². The quantitative estimate of drug-likeness (QED) is 0.749. The first-order chi connectivity index (χ1) is 8.59. The zero-order valence-corrected chi connectivity index (χ0v) is 10.5. The van der Waals surface area contributed by atoms with Gasteiger partial charge in [-0.25, -0.2) is 8.78 Å². The van der Waals surface area contributed by atoms with E-state index in [1.165, 1.54) is 6.07 Å². The van der Waals surface area contributed by atoms with Crippen LogP contribution in [0.2, 0.25) is 0 Å². The highest BCUT2D eigenvalue weighted by Gasteiger charge is 2.20. The lowest BCUT2D eigenvalue weighted by Gasteiger charge is -2.18. The highest BCUT2D eigenvalue weighted by molar-refractivity contribution is 6.21. The molecule has 0 N–H and O–H groups in total. The molecule has 2 rings (SSSR count). The van der Waals surface area contributed by atoms with E-state index in [1.54, 1.807) is 6.20 Å². The first kappa shape index (κ1) is 13.0. The monoisotopic (exact) mass is 267 g/mol. The second-order valence-electron chi connectivity index (χ2n) is 4.12. The maximum atomic E-state index is 13.2. The molecule has 0 spiro atoms. The van der Waals surface area contributed by atoms with Crippen LogP contribution in [0, 0.1) is 11.6 Å². The van der Waals surface area contributed by atoms with Gasteiger partial charge in [-0.05, 0) is 29.8 Å². The summed E-state index contributed by atoms with van der Waals surface area (Å²) in [4.78, 5) is 4.21. The fourth-order valence-electron chi connectivity index (χ4n) is 1.77. The summed E-state index contributed by atoms with van der Waals surface area (Å²) in [5.74, 6) is -1.84. The highest BCUT2D eigenvalue weighted by Crippen LogP contribution is 2.35. The Morgan fingerprint density at radius 2 is 1.89 bits per heavy atom. The summed E-state index contributed by atoms with van der Waals surface area (Å²) in [6, 6.07) is 9.26. The molecule has 0 radical (unpaired) electrons. The first-order valence-electron chi connectivity index (χ1n) is 5.59. The normalized spacial score (nSPS) is 14.2. The van der Waals surface area contributed by atoms with Crippen molar-refractivity contribution in [2.24, 2.45) is 0 Å². The van der Waals surface area contributed by atoms with Gasteiger partial charge in [0.05, 0.1) is 5.38 Å². The van der Waals surface area contributed by atoms with Crippen LogP contribution in [0.4, 0.5) is 8.78 Å². The summed E-state index contributed by atoms with van der Waals surface area (Å²) in [6.07, 6.45) is 1.68. The van der Waals surface area contributed by atoms with Crippen LogP contribution in [-0.4, -0.2) is 4.98 Å². The average molecular weight is 268 g/mol. The topological polar surface area (TPSA) is 12.9 Å². The molecule has 0 saturated heterocycles. The molecule has 2 aromatic rings. The first-order valence-corrected chi connectivity index (χ1v) is 6.03. The van der Waals surface area contributed by atoms with E-state index in [0.717, 1.165) is 17.8 Å². The summed E-state index contributed by atoms with van der Waals surface area (Å²) in [7, 11) is 0. The third-order valence-electron chi connectivity index (χ3n) is 2.86. The Bertz CT molecular complexity index is 531. The fraction of sp³-hybridized carbons (Fsp3) is 0.214. The number of hydrogen-bond donors (Lipinski definition) is 0. The van der Waals surface area contributed by atoms with Crippen molar-refractivity contribution in [2.75, 3.05) is 0 Å². The molecule has 0 aliphatic rings. The van der Waals surface area contributed by atoms with Gasteiger partial charge in [-0.1, -0.05) is 19.1 Å². The highest BCUT2D eigenvalue weighted by atomic mass is 35.5. The molecular weight excluding hydrogens is 256 g/mol. The van der Waals surface area contributed by atoms with Gasteiger partial charge in [0.1, 0.15) is 0 Å². The molecular formula is C14H12ClF2N. The second-order valence-corrected chi connectivity index (χ2v) is 4.59. The number of rotatable bonds is 3. The van der Waals surface area contributed by atoms with Crippen LogP contribution >= 0.6 is 11.6 Å². The Labute approximate surface area is 109 Å². The van der Waals surface area contributed by atoms with Crippen molar-refractivity contribution in [1.82, 2.24) is 4.98 Å². The van der Waals surface area contributed by atoms with Crippen molar-refractivity contribution in [3.8, 4) is 0 Å². The number of halogens is 3. The number of hydrogen-bond acceptors (Lipinski definition) is 1. The van der Waals surface area contributed by atoms with Gasteiger partial charge in [-0.3, -0.25) is 4.98 Å². The third-order valence-corrected chi connectivity index (χ3v) is 3.49. The van der Waals surface area contributed by atoms with Crippen molar-refractivity contribution in [3.63, 3.8) is 0 Å². The van der Waals surface area contributed by atoms with E-state index in [1.807, 2.05) is 25.1 Å². The third kappa shape index (κ3) is 2.67. The maximum absolute atomic E-state index is 13.2. The Morgan fingerprint density at radius 3 is 2.50 bits per heavy atom. The molecule has 0 aliphatic carbocycles. The Balaban J connectivity index is 2.25. The molecule has 2 unspecified atom stereocenters. The van der Waals surface area contributed by atoms with Gasteiger partial charge < -0.3 is 0 Å². The molecule has 4 heteroatoms. The molecule has 18 heavy (non-hydrogen) atoms.